The SMILES string of the molecule is CC1=NB(c2c(F)cc3c(oc4c(-c5[c-]c6ccccc6cc5)nccc43)c2-c2ccccc2)N=P1.CCC(C)(CC)C(=O)/C=C(\O)C(C)(CC)CC.[Ir]. The van der Waals surface area contributed by atoms with Crippen LogP contribution in [0.5, 0.6) is 0 Å². The molecule has 0 saturated carbocycles. The molecule has 1 aliphatic heterocycles. The fourth-order valence-corrected chi connectivity index (χ4v) is 7.19. The molecule has 0 bridgehead atoms. The molecule has 0 atom stereocenters. The zero-order valence-electron chi connectivity index (χ0n) is 31.8. The standard InChI is InChI=1S/C29H17BFN3OP.C15H28O2.Ir/c1-17-33-30(34-36-17)26-24(31)16-23-22-13-14-32-27(21-12-11-18-7-5-6-10-20(18)15-21)29(22)35-28(23)25(26)19-8-3-2-4-9-19;1-7-14(5,8-2)12(16)11-13(17)15(6,9-3)10-4;/h2-14,16H,1H3;11,16H,7-10H2,1-6H3;/q-1;;/b;12-11-;. The molecule has 7 rings (SSSR count). The maximum absolute atomic E-state index is 15.9. The Balaban J connectivity index is 0.000000267. The third-order valence-electron chi connectivity index (χ3n) is 11.1. The first-order valence-corrected chi connectivity index (χ1v) is 19.2. The monoisotopic (exact) mass is 917 g/mol. The smallest absolute Gasteiger partial charge is 0.456 e. The molecule has 4 aromatic carbocycles. The van der Waals surface area contributed by atoms with Crippen molar-refractivity contribution in [2.45, 2.75) is 74.1 Å². The molecule has 279 valence electrons. The number of nitrogens with zero attached hydrogens (tertiary/aromatic N) is 3. The number of pyridine rings is 1. The zero-order chi connectivity index (χ0) is 37.9. The van der Waals surface area contributed by atoms with Crippen molar-refractivity contribution in [1.82, 2.24) is 4.98 Å². The molecule has 0 spiro atoms. The summed E-state index contributed by atoms with van der Waals surface area (Å²) in [4.78, 5) is 21.4. The van der Waals surface area contributed by atoms with Gasteiger partial charge >= 0.3 is 6.98 Å². The first kappa shape index (κ1) is 40.9. The van der Waals surface area contributed by atoms with Gasteiger partial charge in [0.2, 0.25) is 0 Å². The van der Waals surface area contributed by atoms with E-state index in [0.29, 0.717) is 33.3 Å². The summed E-state index contributed by atoms with van der Waals surface area (Å²) in [5.74, 6) is -0.0594. The largest absolute Gasteiger partial charge is 0.512 e. The number of aliphatic hydroxyl groups is 1. The molecule has 0 amide bonds. The van der Waals surface area contributed by atoms with Crippen molar-refractivity contribution in [3.8, 4) is 22.4 Å². The number of aliphatic hydroxyl groups excluding tert-OH is 1. The minimum Gasteiger partial charge on any atom is -0.512 e. The predicted molar refractivity (Wildman–Crippen MR) is 220 cm³/mol. The maximum atomic E-state index is 15.9. The number of fused-ring (bicyclic) bond motifs is 4. The van der Waals surface area contributed by atoms with Crippen LogP contribution in [-0.4, -0.2) is 28.3 Å². The summed E-state index contributed by atoms with van der Waals surface area (Å²) >= 11 is 0. The summed E-state index contributed by atoms with van der Waals surface area (Å²) in [5, 5.41) is 13.7. The number of hydrogen-bond acceptors (Lipinski definition) is 6. The molecule has 10 heteroatoms. The quantitative estimate of drug-likeness (QED) is 0.0487. The summed E-state index contributed by atoms with van der Waals surface area (Å²) in [7, 11) is 0.764. The average molecular weight is 917 g/mol. The Morgan fingerprint density at radius 2 is 1.57 bits per heavy atom. The van der Waals surface area contributed by atoms with E-state index in [9.17, 15) is 9.90 Å². The van der Waals surface area contributed by atoms with E-state index in [1.807, 2.05) is 109 Å². The molecule has 6 nitrogen and oxygen atoms in total. The van der Waals surface area contributed by atoms with Crippen molar-refractivity contribution in [2.75, 3.05) is 0 Å². The van der Waals surface area contributed by atoms with Gasteiger partial charge in [-0.25, -0.2) is 4.39 Å². The molecule has 1 aliphatic rings. The van der Waals surface area contributed by atoms with Crippen LogP contribution in [0.1, 0.15) is 74.1 Å². The van der Waals surface area contributed by atoms with Crippen LogP contribution in [0.25, 0.3) is 55.1 Å². The van der Waals surface area contributed by atoms with E-state index in [1.54, 1.807) is 12.3 Å². The Morgan fingerprint density at radius 3 is 2.22 bits per heavy atom. The average Bonchev–Trinajstić information content (AvgIpc) is 3.79. The maximum Gasteiger partial charge on any atom is 0.456 e. The fourth-order valence-electron chi connectivity index (χ4n) is 6.58. The second-order valence-corrected chi connectivity index (χ2v) is 15.3. The number of ketones is 1. The van der Waals surface area contributed by atoms with E-state index in [-0.39, 0.29) is 48.3 Å². The van der Waals surface area contributed by atoms with Gasteiger partial charge in [-0.15, -0.1) is 29.7 Å². The molecule has 0 fully saturated rings. The number of aromatic nitrogens is 1. The first-order valence-electron chi connectivity index (χ1n) is 18.4. The third kappa shape index (κ3) is 7.91. The molecule has 3 heterocycles. The number of rotatable bonds is 10. The van der Waals surface area contributed by atoms with Gasteiger partial charge in [-0.3, -0.25) is 14.4 Å². The van der Waals surface area contributed by atoms with Crippen molar-refractivity contribution in [3.63, 3.8) is 0 Å². The molecular formula is C44H45BFIrN3O3P-. The molecule has 1 radical (unpaired) electrons. The van der Waals surface area contributed by atoms with Crippen molar-refractivity contribution in [3.05, 3.63) is 109 Å². The van der Waals surface area contributed by atoms with Gasteiger partial charge < -0.3 is 14.4 Å². The number of halogens is 1. The van der Waals surface area contributed by atoms with Gasteiger partial charge in [-0.1, -0.05) is 101 Å². The predicted octanol–water partition coefficient (Wildman–Crippen LogP) is 12.3. The Labute approximate surface area is 332 Å². The second-order valence-electron chi connectivity index (χ2n) is 14.2. The van der Waals surface area contributed by atoms with Crippen LogP contribution < -0.4 is 5.46 Å². The normalized spacial score (nSPS) is 13.5. The molecule has 54 heavy (non-hydrogen) atoms. The van der Waals surface area contributed by atoms with Gasteiger partial charge in [0.15, 0.2) is 5.78 Å². The number of benzene rings is 4. The topological polar surface area (TPSA) is 88.0 Å². The summed E-state index contributed by atoms with van der Waals surface area (Å²) < 4.78 is 27.0. The van der Waals surface area contributed by atoms with Crippen molar-refractivity contribution >= 4 is 64.8 Å². The van der Waals surface area contributed by atoms with Crippen LogP contribution >= 0.6 is 8.37 Å². The Bertz CT molecular complexity index is 2400. The number of carbonyl (C=O) groups is 1. The van der Waals surface area contributed by atoms with Gasteiger partial charge in [0.25, 0.3) is 0 Å². The van der Waals surface area contributed by atoms with Crippen molar-refractivity contribution in [1.29, 1.82) is 0 Å². The van der Waals surface area contributed by atoms with Crippen molar-refractivity contribution < 1.29 is 38.8 Å². The van der Waals surface area contributed by atoms with E-state index in [1.165, 1.54) is 6.08 Å². The number of hydrogen-bond donors (Lipinski definition) is 1. The van der Waals surface area contributed by atoms with Crippen LogP contribution in [-0.2, 0) is 24.9 Å². The van der Waals surface area contributed by atoms with E-state index in [0.717, 1.165) is 66.8 Å². The van der Waals surface area contributed by atoms with Gasteiger partial charge in [0.05, 0.1) is 5.45 Å². The Kier molecular flexibility index (Phi) is 12.9. The van der Waals surface area contributed by atoms with Gasteiger partial charge in [-0.2, -0.15) is 0 Å². The second kappa shape index (κ2) is 17.0. The van der Waals surface area contributed by atoms with Crippen molar-refractivity contribution in [2.24, 2.45) is 20.4 Å². The molecule has 2 aromatic heterocycles. The number of carbonyl (C=O) groups excluding carboxylic acids is 1. The summed E-state index contributed by atoms with van der Waals surface area (Å²) in [5.41, 5.74) is 4.94. The number of furan rings is 1. The van der Waals surface area contributed by atoms with Crippen LogP contribution in [0.2, 0.25) is 0 Å². The Morgan fingerprint density at radius 1 is 0.907 bits per heavy atom. The molecule has 6 aromatic rings. The summed E-state index contributed by atoms with van der Waals surface area (Å²) in [6.07, 6.45) is 6.49. The third-order valence-corrected chi connectivity index (χ3v) is 11.9. The zero-order valence-corrected chi connectivity index (χ0v) is 35.1. The van der Waals surface area contributed by atoms with Crippen LogP contribution in [0.3, 0.4) is 0 Å². The first-order chi connectivity index (χ1) is 25.5. The van der Waals surface area contributed by atoms with E-state index in [2.05, 4.69) is 32.7 Å². The molecule has 0 saturated heterocycles. The molecule has 0 unspecified atom stereocenters. The van der Waals surface area contributed by atoms with E-state index >= 15 is 4.39 Å². The van der Waals surface area contributed by atoms with E-state index < -0.39 is 6.98 Å². The van der Waals surface area contributed by atoms with Gasteiger partial charge in [0, 0.05) is 79.1 Å². The minimum atomic E-state index is -0.606. The molecule has 1 N–H and O–H groups in total. The summed E-state index contributed by atoms with van der Waals surface area (Å²) in [6, 6.07) is 28.8. The van der Waals surface area contributed by atoms with Crippen LogP contribution in [0.4, 0.5) is 4.39 Å². The van der Waals surface area contributed by atoms with Gasteiger partial charge in [0.1, 0.15) is 22.7 Å². The molecule has 0 aliphatic carbocycles. The number of allylic oxidation sites excluding steroid dienone is 2. The fraction of sp³-hybridized carbons (Fsp3) is 0.295. The van der Waals surface area contributed by atoms with Gasteiger partial charge in [-0.05, 0) is 50.3 Å². The van der Waals surface area contributed by atoms with Crippen LogP contribution in [0.15, 0.2) is 111 Å². The van der Waals surface area contributed by atoms with E-state index in [4.69, 9.17) is 4.42 Å². The Hall–Kier alpha value is -4.29. The minimum absolute atomic E-state index is 0. The summed E-state index contributed by atoms with van der Waals surface area (Å²) in [6.45, 7) is 13.4. The molecular weight excluding hydrogens is 872 g/mol. The van der Waals surface area contributed by atoms with Crippen LogP contribution in [0, 0.1) is 22.7 Å².